The Morgan fingerprint density at radius 3 is 2.54 bits per heavy atom. The van der Waals surface area contributed by atoms with E-state index in [0.717, 1.165) is 38.6 Å². The van der Waals surface area contributed by atoms with Gasteiger partial charge in [0.25, 0.3) is 0 Å². The fourth-order valence-electron chi connectivity index (χ4n) is 4.82. The monoisotopic (exact) mass is 358 g/mol. The van der Waals surface area contributed by atoms with Gasteiger partial charge < -0.3 is 14.8 Å². The topological polar surface area (TPSA) is 50.8 Å². The molecule has 3 aliphatic rings. The highest BCUT2D eigenvalue weighted by Gasteiger charge is 2.40. The second-order valence-electron chi connectivity index (χ2n) is 7.97. The fraction of sp³-hybridized carbons (Fsp3) is 0.667. The van der Waals surface area contributed by atoms with Crippen LogP contribution in [0.25, 0.3) is 0 Å². The molecule has 2 unspecified atom stereocenters. The van der Waals surface area contributed by atoms with Crippen molar-refractivity contribution in [2.45, 2.75) is 62.8 Å². The predicted octanol–water partition coefficient (Wildman–Crippen LogP) is 2.67. The van der Waals surface area contributed by atoms with Crippen LogP contribution in [0.2, 0.25) is 0 Å². The molecule has 0 bridgehead atoms. The molecule has 2 atom stereocenters. The van der Waals surface area contributed by atoms with Crippen LogP contribution >= 0.6 is 0 Å². The molecule has 26 heavy (non-hydrogen) atoms. The first-order valence-corrected chi connectivity index (χ1v) is 10.0. The van der Waals surface area contributed by atoms with Crippen LogP contribution in [0.15, 0.2) is 30.3 Å². The Kier molecular flexibility index (Phi) is 5.30. The molecular weight excluding hydrogens is 328 g/mol. The summed E-state index contributed by atoms with van der Waals surface area (Å²) in [5, 5.41) is 3.24. The number of hydrogen-bond acceptors (Lipinski definition) is 4. The van der Waals surface area contributed by atoms with E-state index in [1.165, 1.54) is 5.56 Å². The molecular formula is C21H30N2O3. The third-order valence-corrected chi connectivity index (χ3v) is 6.39. The molecule has 0 radical (unpaired) electrons. The van der Waals surface area contributed by atoms with Gasteiger partial charge in [-0.3, -0.25) is 9.69 Å². The van der Waals surface area contributed by atoms with Gasteiger partial charge in [0.2, 0.25) is 5.91 Å². The molecule has 2 aliphatic heterocycles. The maximum Gasteiger partial charge on any atom is 0.234 e. The number of ether oxygens (including phenoxy) is 2. The van der Waals surface area contributed by atoms with Crippen LogP contribution in [-0.2, 0) is 14.3 Å². The molecule has 1 amide bonds. The molecule has 1 saturated carbocycles. The first-order valence-electron chi connectivity index (χ1n) is 10.0. The predicted molar refractivity (Wildman–Crippen MR) is 99.9 cm³/mol. The highest BCUT2D eigenvalue weighted by Crippen LogP contribution is 2.36. The number of benzene rings is 1. The lowest BCUT2D eigenvalue weighted by atomic mass is 9.90. The summed E-state index contributed by atoms with van der Waals surface area (Å²) in [5.74, 6) is 0.322. The molecule has 3 fully saturated rings. The summed E-state index contributed by atoms with van der Waals surface area (Å²) in [5.41, 5.74) is 1.39. The Morgan fingerprint density at radius 2 is 1.85 bits per heavy atom. The lowest BCUT2D eigenvalue weighted by Crippen LogP contribution is -2.47. The van der Waals surface area contributed by atoms with Crippen molar-refractivity contribution in [2.24, 2.45) is 0 Å². The van der Waals surface area contributed by atoms with Crippen LogP contribution in [-0.4, -0.2) is 55.0 Å². The van der Waals surface area contributed by atoms with Gasteiger partial charge in [-0.15, -0.1) is 0 Å². The maximum absolute atomic E-state index is 12.6. The molecule has 5 nitrogen and oxygen atoms in total. The molecule has 4 rings (SSSR count). The van der Waals surface area contributed by atoms with Crippen LogP contribution in [0.4, 0.5) is 0 Å². The van der Waals surface area contributed by atoms with Gasteiger partial charge in [0.15, 0.2) is 5.79 Å². The van der Waals surface area contributed by atoms with Gasteiger partial charge in [0.05, 0.1) is 19.8 Å². The van der Waals surface area contributed by atoms with Crippen molar-refractivity contribution < 1.29 is 14.3 Å². The second-order valence-corrected chi connectivity index (χ2v) is 7.97. The smallest absolute Gasteiger partial charge is 0.234 e. The minimum absolute atomic E-state index is 0.153. The van der Waals surface area contributed by atoms with Crippen LogP contribution in [0.1, 0.15) is 50.5 Å². The number of amides is 1. The zero-order valence-electron chi connectivity index (χ0n) is 15.7. The number of rotatable bonds is 4. The molecule has 5 heteroatoms. The van der Waals surface area contributed by atoms with Crippen molar-refractivity contribution in [3.8, 4) is 0 Å². The highest BCUT2D eigenvalue weighted by molar-refractivity contribution is 5.78. The first kappa shape index (κ1) is 18.0. The van der Waals surface area contributed by atoms with Gasteiger partial charge in [-0.1, -0.05) is 30.3 Å². The molecule has 0 aromatic heterocycles. The van der Waals surface area contributed by atoms with Crippen molar-refractivity contribution in [3.05, 3.63) is 35.9 Å². The summed E-state index contributed by atoms with van der Waals surface area (Å²) < 4.78 is 11.5. The molecule has 1 N–H and O–H groups in total. The number of nitrogens with one attached hydrogen (secondary N) is 1. The van der Waals surface area contributed by atoms with Crippen LogP contribution < -0.4 is 5.32 Å². The summed E-state index contributed by atoms with van der Waals surface area (Å²) >= 11 is 0. The summed E-state index contributed by atoms with van der Waals surface area (Å²) in [6, 6.07) is 11.3. The van der Waals surface area contributed by atoms with E-state index >= 15 is 0 Å². The second kappa shape index (κ2) is 7.67. The summed E-state index contributed by atoms with van der Waals surface area (Å²) in [7, 11) is 0. The van der Waals surface area contributed by atoms with Crippen molar-refractivity contribution in [2.75, 3.05) is 26.3 Å². The molecule has 142 valence electrons. The fourth-order valence-corrected chi connectivity index (χ4v) is 4.82. The Balaban J connectivity index is 1.25. The molecule has 2 saturated heterocycles. The van der Waals surface area contributed by atoms with Gasteiger partial charge in [0.1, 0.15) is 0 Å². The van der Waals surface area contributed by atoms with E-state index in [2.05, 4.69) is 47.5 Å². The number of nitrogens with zero attached hydrogens (tertiary/aromatic N) is 1. The first-order chi connectivity index (χ1) is 12.7. The molecule has 1 aromatic rings. The van der Waals surface area contributed by atoms with E-state index in [4.69, 9.17) is 9.47 Å². The Labute approximate surface area is 156 Å². The van der Waals surface area contributed by atoms with E-state index in [1.807, 2.05) is 0 Å². The van der Waals surface area contributed by atoms with Gasteiger partial charge >= 0.3 is 0 Å². The minimum atomic E-state index is -0.354. The summed E-state index contributed by atoms with van der Waals surface area (Å²) in [6.07, 6.45) is 4.77. The van der Waals surface area contributed by atoms with Crippen molar-refractivity contribution in [1.29, 1.82) is 0 Å². The SMILES string of the molecule is CC1C(c2ccccc2)CCN1CC(=O)NC1CCC2(CC1)OCCO2. The number of carbonyl (C=O) groups is 1. The quantitative estimate of drug-likeness (QED) is 0.899. The van der Waals surface area contributed by atoms with Gasteiger partial charge in [-0.2, -0.15) is 0 Å². The zero-order chi connectivity index (χ0) is 18.0. The van der Waals surface area contributed by atoms with Gasteiger partial charge in [-0.25, -0.2) is 0 Å². The lowest BCUT2D eigenvalue weighted by molar-refractivity contribution is -0.180. The van der Waals surface area contributed by atoms with E-state index in [1.54, 1.807) is 0 Å². The molecule has 2 heterocycles. The molecule has 1 aromatic carbocycles. The van der Waals surface area contributed by atoms with Crippen LogP contribution in [0.3, 0.4) is 0 Å². The molecule has 1 aliphatic carbocycles. The van der Waals surface area contributed by atoms with E-state index in [9.17, 15) is 4.79 Å². The average Bonchev–Trinajstić information content (AvgIpc) is 3.26. The van der Waals surface area contributed by atoms with E-state index < -0.39 is 0 Å². The third kappa shape index (κ3) is 3.80. The molecule has 1 spiro atoms. The van der Waals surface area contributed by atoms with Crippen molar-refractivity contribution in [1.82, 2.24) is 10.2 Å². The average molecular weight is 358 g/mol. The van der Waals surface area contributed by atoms with Gasteiger partial charge in [-0.05, 0) is 38.3 Å². The lowest BCUT2D eigenvalue weighted by Gasteiger charge is -2.36. The largest absolute Gasteiger partial charge is 0.352 e. The zero-order valence-corrected chi connectivity index (χ0v) is 15.7. The van der Waals surface area contributed by atoms with Crippen LogP contribution in [0, 0.1) is 0 Å². The normalized spacial score (nSPS) is 29.3. The Morgan fingerprint density at radius 1 is 1.15 bits per heavy atom. The summed E-state index contributed by atoms with van der Waals surface area (Å²) in [4.78, 5) is 14.9. The van der Waals surface area contributed by atoms with Crippen molar-refractivity contribution >= 4 is 5.91 Å². The number of hydrogen-bond donors (Lipinski definition) is 1. The van der Waals surface area contributed by atoms with Gasteiger partial charge in [0, 0.05) is 30.8 Å². The Hall–Kier alpha value is -1.43. The Bertz CT molecular complexity index is 605. The van der Waals surface area contributed by atoms with Crippen LogP contribution in [0.5, 0.6) is 0 Å². The maximum atomic E-state index is 12.6. The number of likely N-dealkylation sites (tertiary alicyclic amines) is 1. The standard InChI is InChI=1S/C21H30N2O3/c1-16-19(17-5-3-2-4-6-17)9-12-23(16)15-20(24)22-18-7-10-21(11-8-18)25-13-14-26-21/h2-6,16,18-19H,7-15H2,1H3,(H,22,24). The third-order valence-electron chi connectivity index (χ3n) is 6.39. The number of carbonyl (C=O) groups excluding carboxylic acids is 1. The highest BCUT2D eigenvalue weighted by atomic mass is 16.7. The van der Waals surface area contributed by atoms with Crippen molar-refractivity contribution in [3.63, 3.8) is 0 Å². The van der Waals surface area contributed by atoms with E-state index in [-0.39, 0.29) is 17.7 Å². The summed E-state index contributed by atoms with van der Waals surface area (Å²) in [6.45, 7) is 5.14. The van der Waals surface area contributed by atoms with E-state index in [0.29, 0.717) is 31.7 Å². The minimum Gasteiger partial charge on any atom is -0.352 e.